The summed E-state index contributed by atoms with van der Waals surface area (Å²) in [6.45, 7) is 2.84. The highest BCUT2D eigenvalue weighted by molar-refractivity contribution is 5.77. The molecule has 0 unspecified atom stereocenters. The van der Waals surface area contributed by atoms with Crippen LogP contribution in [-0.2, 0) is 16.1 Å². The van der Waals surface area contributed by atoms with Gasteiger partial charge in [-0.2, -0.15) is 0 Å². The topological polar surface area (TPSA) is 42.0 Å². The summed E-state index contributed by atoms with van der Waals surface area (Å²) in [4.78, 5) is 15.6. The summed E-state index contributed by atoms with van der Waals surface area (Å²) < 4.78 is 46.4. The molecule has 5 nitrogen and oxygen atoms in total. The highest BCUT2D eigenvalue weighted by Crippen LogP contribution is 2.27. The van der Waals surface area contributed by atoms with Crippen LogP contribution in [0.2, 0.25) is 0 Å². The van der Waals surface area contributed by atoms with Crippen LogP contribution >= 0.6 is 0 Å². The first-order chi connectivity index (χ1) is 11.4. The van der Waals surface area contributed by atoms with Crippen LogP contribution in [-0.4, -0.2) is 62.0 Å². The Morgan fingerprint density at radius 3 is 2.62 bits per heavy atom. The Morgan fingerprint density at radius 1 is 1.17 bits per heavy atom. The van der Waals surface area contributed by atoms with Gasteiger partial charge in [-0.05, 0) is 12.5 Å². The molecular weight excluding hydrogens is 325 g/mol. The Balaban J connectivity index is 1.98. The molecule has 8 heteroatoms. The summed E-state index contributed by atoms with van der Waals surface area (Å²) in [5.41, 5.74) is 0.478. The summed E-state index contributed by atoms with van der Waals surface area (Å²) in [5.74, 6) is -0.248. The van der Waals surface area contributed by atoms with E-state index < -0.39 is 6.36 Å². The Kier molecular flexibility index (Phi) is 6.44. The van der Waals surface area contributed by atoms with Gasteiger partial charge < -0.3 is 14.4 Å². The monoisotopic (exact) mass is 346 g/mol. The lowest BCUT2D eigenvalue weighted by Crippen LogP contribution is -2.37. The number of hydrogen-bond donors (Lipinski definition) is 0. The number of nitrogens with zero attached hydrogens (tertiary/aromatic N) is 2. The van der Waals surface area contributed by atoms with Crippen molar-refractivity contribution >= 4 is 5.91 Å². The molecule has 0 saturated carbocycles. The van der Waals surface area contributed by atoms with Crippen LogP contribution in [0.5, 0.6) is 5.75 Å². The molecule has 134 valence electrons. The first-order valence-corrected chi connectivity index (χ1v) is 7.72. The fraction of sp³-hybridized carbons (Fsp3) is 0.562. The molecule has 1 aliphatic heterocycles. The van der Waals surface area contributed by atoms with Crippen LogP contribution in [0.4, 0.5) is 13.2 Å². The molecule has 1 aromatic rings. The van der Waals surface area contributed by atoms with Crippen molar-refractivity contribution in [1.29, 1.82) is 0 Å². The van der Waals surface area contributed by atoms with Crippen LogP contribution in [0.25, 0.3) is 0 Å². The summed E-state index contributed by atoms with van der Waals surface area (Å²) in [5, 5.41) is 0. The SMILES string of the molecule is COCC(=O)N1CCCN(Cc2ccccc2OC(F)(F)F)CC1. The van der Waals surface area contributed by atoms with Crippen molar-refractivity contribution in [2.75, 3.05) is 39.9 Å². The normalized spacial score (nSPS) is 16.8. The van der Waals surface area contributed by atoms with E-state index in [-0.39, 0.29) is 18.3 Å². The molecule has 0 spiro atoms. The number of carbonyl (C=O) groups is 1. The van der Waals surface area contributed by atoms with Crippen LogP contribution in [0, 0.1) is 0 Å². The van der Waals surface area contributed by atoms with Crippen molar-refractivity contribution in [2.45, 2.75) is 19.3 Å². The minimum atomic E-state index is -4.71. The molecule has 2 rings (SSSR count). The molecule has 1 amide bonds. The van der Waals surface area contributed by atoms with Crippen molar-refractivity contribution in [3.63, 3.8) is 0 Å². The zero-order valence-electron chi connectivity index (χ0n) is 13.5. The highest BCUT2D eigenvalue weighted by atomic mass is 19.4. The van der Waals surface area contributed by atoms with E-state index in [1.54, 1.807) is 17.0 Å². The van der Waals surface area contributed by atoms with Gasteiger partial charge in [-0.25, -0.2) is 0 Å². The number of hydrogen-bond acceptors (Lipinski definition) is 4. The standard InChI is InChI=1S/C16H21F3N2O3/c1-23-12-15(22)21-8-4-7-20(9-10-21)11-13-5-2-3-6-14(13)24-16(17,18)19/h2-3,5-6H,4,7-12H2,1H3. The molecule has 1 heterocycles. The zero-order valence-corrected chi connectivity index (χ0v) is 13.5. The number of ether oxygens (including phenoxy) is 2. The van der Waals surface area contributed by atoms with Gasteiger partial charge >= 0.3 is 6.36 Å². The van der Waals surface area contributed by atoms with E-state index in [9.17, 15) is 18.0 Å². The van der Waals surface area contributed by atoms with Gasteiger partial charge in [0.25, 0.3) is 0 Å². The Hall–Kier alpha value is -1.80. The fourth-order valence-electron chi connectivity index (χ4n) is 2.69. The third kappa shape index (κ3) is 5.68. The number of rotatable bonds is 5. The maximum Gasteiger partial charge on any atom is 0.573 e. The summed E-state index contributed by atoms with van der Waals surface area (Å²) in [7, 11) is 1.47. The van der Waals surface area contributed by atoms with Crippen molar-refractivity contribution < 1.29 is 27.4 Å². The minimum Gasteiger partial charge on any atom is -0.405 e. The number of amides is 1. The molecule has 1 aliphatic rings. The number of carbonyl (C=O) groups excluding carboxylic acids is 1. The average molecular weight is 346 g/mol. The zero-order chi connectivity index (χ0) is 17.6. The fourth-order valence-corrected chi connectivity index (χ4v) is 2.69. The van der Waals surface area contributed by atoms with Crippen LogP contribution in [0.15, 0.2) is 24.3 Å². The Bertz CT molecular complexity index is 552. The van der Waals surface area contributed by atoms with E-state index in [4.69, 9.17) is 4.74 Å². The Morgan fingerprint density at radius 2 is 1.92 bits per heavy atom. The Labute approximate surface area is 138 Å². The van der Waals surface area contributed by atoms with Crippen LogP contribution in [0.3, 0.4) is 0 Å². The van der Waals surface area contributed by atoms with Gasteiger partial charge in [-0.1, -0.05) is 18.2 Å². The van der Waals surface area contributed by atoms with E-state index in [1.165, 1.54) is 19.2 Å². The van der Waals surface area contributed by atoms with Gasteiger partial charge in [0.05, 0.1) is 0 Å². The lowest BCUT2D eigenvalue weighted by Gasteiger charge is -2.23. The molecule has 1 saturated heterocycles. The van der Waals surface area contributed by atoms with Crippen molar-refractivity contribution in [3.8, 4) is 5.75 Å². The molecule has 1 fully saturated rings. The third-order valence-electron chi connectivity index (χ3n) is 3.80. The summed E-state index contributed by atoms with van der Waals surface area (Å²) >= 11 is 0. The molecule has 24 heavy (non-hydrogen) atoms. The van der Waals surface area contributed by atoms with Gasteiger partial charge in [0.15, 0.2) is 0 Å². The van der Waals surface area contributed by atoms with Gasteiger partial charge in [0.1, 0.15) is 12.4 Å². The molecule has 0 bridgehead atoms. The van der Waals surface area contributed by atoms with E-state index >= 15 is 0 Å². The number of halogens is 3. The lowest BCUT2D eigenvalue weighted by molar-refractivity contribution is -0.275. The number of para-hydroxylation sites is 1. The molecule has 1 aromatic carbocycles. The van der Waals surface area contributed by atoms with Crippen LogP contribution in [0.1, 0.15) is 12.0 Å². The summed E-state index contributed by atoms with van der Waals surface area (Å²) in [6.07, 6.45) is -3.95. The molecular formula is C16H21F3N2O3. The smallest absolute Gasteiger partial charge is 0.405 e. The lowest BCUT2D eigenvalue weighted by atomic mass is 10.2. The second kappa shape index (κ2) is 8.34. The first kappa shape index (κ1) is 18.5. The predicted molar refractivity (Wildman–Crippen MR) is 81.5 cm³/mol. The molecule has 0 N–H and O–H groups in total. The second-order valence-electron chi connectivity index (χ2n) is 5.60. The molecule has 0 radical (unpaired) electrons. The maximum atomic E-state index is 12.5. The van der Waals surface area contributed by atoms with E-state index in [0.717, 1.165) is 6.42 Å². The molecule has 0 aliphatic carbocycles. The minimum absolute atomic E-state index is 0.0439. The molecule has 0 atom stereocenters. The first-order valence-electron chi connectivity index (χ1n) is 7.72. The van der Waals surface area contributed by atoms with E-state index in [2.05, 4.69) is 4.74 Å². The van der Waals surface area contributed by atoms with Gasteiger partial charge in [0, 0.05) is 45.4 Å². The number of benzene rings is 1. The third-order valence-corrected chi connectivity index (χ3v) is 3.80. The number of alkyl halides is 3. The average Bonchev–Trinajstić information content (AvgIpc) is 2.74. The van der Waals surface area contributed by atoms with Crippen LogP contribution < -0.4 is 4.74 Å². The van der Waals surface area contributed by atoms with Gasteiger partial charge in [-0.15, -0.1) is 13.2 Å². The molecule has 0 aromatic heterocycles. The van der Waals surface area contributed by atoms with Gasteiger partial charge in [-0.3, -0.25) is 9.69 Å². The summed E-state index contributed by atoms with van der Waals surface area (Å²) in [6, 6.07) is 6.14. The van der Waals surface area contributed by atoms with Crippen molar-refractivity contribution in [2.24, 2.45) is 0 Å². The predicted octanol–water partition coefficient (Wildman–Crippen LogP) is 2.27. The van der Waals surface area contributed by atoms with Crippen molar-refractivity contribution in [3.05, 3.63) is 29.8 Å². The van der Waals surface area contributed by atoms with E-state index in [1.807, 2.05) is 4.90 Å². The second-order valence-corrected chi connectivity index (χ2v) is 5.60. The largest absolute Gasteiger partial charge is 0.573 e. The quantitative estimate of drug-likeness (QED) is 0.820. The van der Waals surface area contributed by atoms with Gasteiger partial charge in [0.2, 0.25) is 5.91 Å². The van der Waals surface area contributed by atoms with Crippen molar-refractivity contribution in [1.82, 2.24) is 9.80 Å². The highest BCUT2D eigenvalue weighted by Gasteiger charge is 2.32. The maximum absolute atomic E-state index is 12.5. The number of methoxy groups -OCH3 is 1. The van der Waals surface area contributed by atoms with E-state index in [0.29, 0.717) is 38.3 Å².